The Morgan fingerprint density at radius 3 is 2.76 bits per heavy atom. The van der Waals surface area contributed by atoms with Gasteiger partial charge in [0.15, 0.2) is 0 Å². The number of fused-ring (bicyclic) bond motifs is 5. The SMILES string of the molecule is C[C@]12C(O)CC=C[C@H]1CC[C@@H]1[C@@H]2CC[C@]2(C)C(N)=CC[C@@H]12. The topological polar surface area (TPSA) is 46.2 Å². The molecule has 0 heterocycles. The molecular weight excluding hydrogens is 258 g/mol. The van der Waals surface area contributed by atoms with Gasteiger partial charge in [-0.05, 0) is 62.2 Å². The number of rotatable bonds is 0. The van der Waals surface area contributed by atoms with Crippen molar-refractivity contribution in [2.24, 2.45) is 40.2 Å². The second-order valence-corrected chi connectivity index (χ2v) is 8.46. The van der Waals surface area contributed by atoms with E-state index in [2.05, 4.69) is 32.1 Å². The maximum Gasteiger partial charge on any atom is 0.0636 e. The molecule has 0 spiro atoms. The number of hydrogen-bond acceptors (Lipinski definition) is 2. The first-order chi connectivity index (χ1) is 9.98. The Labute approximate surface area is 128 Å². The van der Waals surface area contributed by atoms with Crippen molar-refractivity contribution in [2.45, 2.75) is 58.5 Å². The summed E-state index contributed by atoms with van der Waals surface area (Å²) in [6.07, 6.45) is 13.8. The molecule has 0 aromatic carbocycles. The van der Waals surface area contributed by atoms with Gasteiger partial charge in [-0.15, -0.1) is 0 Å². The van der Waals surface area contributed by atoms with E-state index in [1.165, 1.54) is 25.7 Å². The van der Waals surface area contributed by atoms with Crippen molar-refractivity contribution >= 4 is 0 Å². The summed E-state index contributed by atoms with van der Waals surface area (Å²) >= 11 is 0. The maximum atomic E-state index is 10.8. The van der Waals surface area contributed by atoms with Crippen LogP contribution < -0.4 is 5.73 Å². The third-order valence-electron chi connectivity index (χ3n) is 7.93. The van der Waals surface area contributed by atoms with Crippen molar-refractivity contribution < 1.29 is 5.11 Å². The van der Waals surface area contributed by atoms with E-state index in [1.807, 2.05) is 0 Å². The van der Waals surface area contributed by atoms with Crippen molar-refractivity contribution in [1.29, 1.82) is 0 Å². The monoisotopic (exact) mass is 287 g/mol. The summed E-state index contributed by atoms with van der Waals surface area (Å²) in [5.41, 5.74) is 7.81. The lowest BCUT2D eigenvalue weighted by Gasteiger charge is -2.60. The van der Waals surface area contributed by atoms with Gasteiger partial charge in [0.25, 0.3) is 0 Å². The fraction of sp³-hybridized carbons (Fsp3) is 0.789. The van der Waals surface area contributed by atoms with Gasteiger partial charge in [-0.2, -0.15) is 0 Å². The summed E-state index contributed by atoms with van der Waals surface area (Å²) in [5, 5.41) is 10.8. The third kappa shape index (κ3) is 1.63. The van der Waals surface area contributed by atoms with Crippen molar-refractivity contribution in [3.63, 3.8) is 0 Å². The van der Waals surface area contributed by atoms with Crippen LogP contribution in [-0.2, 0) is 0 Å². The number of nitrogens with two attached hydrogens (primary N) is 1. The Morgan fingerprint density at radius 2 is 1.95 bits per heavy atom. The summed E-state index contributed by atoms with van der Waals surface area (Å²) in [4.78, 5) is 0. The molecule has 3 N–H and O–H groups in total. The van der Waals surface area contributed by atoms with Crippen LogP contribution in [0.3, 0.4) is 0 Å². The second-order valence-electron chi connectivity index (χ2n) is 8.46. The lowest BCUT2D eigenvalue weighted by Crippen LogP contribution is -2.56. The third-order valence-corrected chi connectivity index (χ3v) is 7.93. The zero-order valence-corrected chi connectivity index (χ0v) is 13.4. The summed E-state index contributed by atoms with van der Waals surface area (Å²) < 4.78 is 0. The molecule has 0 aliphatic heterocycles. The van der Waals surface area contributed by atoms with Gasteiger partial charge in [-0.25, -0.2) is 0 Å². The number of hydrogen-bond donors (Lipinski definition) is 2. The fourth-order valence-electron chi connectivity index (χ4n) is 6.44. The van der Waals surface area contributed by atoms with E-state index in [4.69, 9.17) is 5.73 Å². The molecule has 0 aromatic rings. The van der Waals surface area contributed by atoms with Crippen LogP contribution in [0.1, 0.15) is 52.4 Å². The lowest BCUT2D eigenvalue weighted by molar-refractivity contribution is -0.131. The van der Waals surface area contributed by atoms with Gasteiger partial charge in [-0.1, -0.05) is 32.1 Å². The Kier molecular flexibility index (Phi) is 2.89. The van der Waals surface area contributed by atoms with E-state index in [0.717, 1.165) is 24.5 Å². The highest BCUT2D eigenvalue weighted by atomic mass is 16.3. The van der Waals surface area contributed by atoms with Gasteiger partial charge in [-0.3, -0.25) is 0 Å². The number of allylic oxidation sites excluding steroid dienone is 3. The van der Waals surface area contributed by atoms with Crippen LogP contribution >= 0.6 is 0 Å². The molecule has 0 bridgehead atoms. The Balaban J connectivity index is 1.70. The fourth-order valence-corrected chi connectivity index (χ4v) is 6.44. The molecule has 0 radical (unpaired) electrons. The maximum absolute atomic E-state index is 10.8. The van der Waals surface area contributed by atoms with Crippen molar-refractivity contribution in [3.8, 4) is 0 Å². The van der Waals surface area contributed by atoms with E-state index in [0.29, 0.717) is 17.8 Å². The van der Waals surface area contributed by atoms with E-state index in [-0.39, 0.29) is 16.9 Å². The van der Waals surface area contributed by atoms with E-state index in [1.54, 1.807) is 0 Å². The van der Waals surface area contributed by atoms with Gasteiger partial charge in [0.05, 0.1) is 6.10 Å². The van der Waals surface area contributed by atoms with Gasteiger partial charge < -0.3 is 10.8 Å². The number of aliphatic hydroxyl groups is 1. The highest BCUT2D eigenvalue weighted by Gasteiger charge is 2.59. The normalized spacial score (nSPS) is 55.4. The molecule has 4 aliphatic rings. The molecule has 0 amide bonds. The average molecular weight is 287 g/mol. The molecule has 2 saturated carbocycles. The number of aliphatic hydroxyl groups excluding tert-OH is 1. The summed E-state index contributed by atoms with van der Waals surface area (Å²) in [7, 11) is 0. The molecule has 2 nitrogen and oxygen atoms in total. The summed E-state index contributed by atoms with van der Waals surface area (Å²) in [5.74, 6) is 2.72. The Hall–Kier alpha value is -0.760. The molecule has 4 rings (SSSR count). The minimum atomic E-state index is -0.156. The van der Waals surface area contributed by atoms with Crippen molar-refractivity contribution in [3.05, 3.63) is 23.9 Å². The molecule has 7 atom stereocenters. The Bertz CT molecular complexity index is 510. The first-order valence-corrected chi connectivity index (χ1v) is 8.78. The molecule has 0 aromatic heterocycles. The van der Waals surface area contributed by atoms with Gasteiger partial charge >= 0.3 is 0 Å². The standard InChI is InChI=1S/C19H29NO/c1-18-11-10-15-13(14(18)8-9-16(18)20)7-6-12-4-3-5-17(21)19(12,15)2/h3-4,9,12-15,17,21H,5-8,10-11,20H2,1-2H3/t12-,13-,14-,15-,17?,18-,19-/m0/s1. The second kappa shape index (κ2) is 4.38. The van der Waals surface area contributed by atoms with Crippen LogP contribution in [0.5, 0.6) is 0 Å². The van der Waals surface area contributed by atoms with Crippen LogP contribution in [-0.4, -0.2) is 11.2 Å². The molecule has 21 heavy (non-hydrogen) atoms. The van der Waals surface area contributed by atoms with Crippen LogP contribution in [0.25, 0.3) is 0 Å². The van der Waals surface area contributed by atoms with Gasteiger partial charge in [0, 0.05) is 16.5 Å². The van der Waals surface area contributed by atoms with Crippen molar-refractivity contribution in [2.75, 3.05) is 0 Å². The van der Waals surface area contributed by atoms with Crippen molar-refractivity contribution in [1.82, 2.24) is 0 Å². The molecule has 2 fully saturated rings. The Morgan fingerprint density at radius 1 is 1.14 bits per heavy atom. The minimum Gasteiger partial charge on any atom is -0.402 e. The minimum absolute atomic E-state index is 0.0936. The van der Waals surface area contributed by atoms with Crippen LogP contribution in [0.4, 0.5) is 0 Å². The zero-order chi connectivity index (χ0) is 14.8. The smallest absolute Gasteiger partial charge is 0.0636 e. The molecule has 116 valence electrons. The largest absolute Gasteiger partial charge is 0.402 e. The van der Waals surface area contributed by atoms with Crippen LogP contribution in [0.2, 0.25) is 0 Å². The van der Waals surface area contributed by atoms with Crippen LogP contribution in [0, 0.1) is 34.5 Å². The first kappa shape index (κ1) is 13.9. The molecule has 1 unspecified atom stereocenters. The summed E-state index contributed by atoms with van der Waals surface area (Å²) in [6, 6.07) is 0. The predicted molar refractivity (Wildman–Crippen MR) is 85.3 cm³/mol. The van der Waals surface area contributed by atoms with Gasteiger partial charge in [0.2, 0.25) is 0 Å². The molecule has 2 heteroatoms. The lowest BCUT2D eigenvalue weighted by atomic mass is 9.45. The molecular formula is C19H29NO. The zero-order valence-electron chi connectivity index (χ0n) is 13.4. The average Bonchev–Trinajstić information content (AvgIpc) is 2.76. The van der Waals surface area contributed by atoms with E-state index < -0.39 is 0 Å². The van der Waals surface area contributed by atoms with E-state index in [9.17, 15) is 5.11 Å². The predicted octanol–water partition coefficient (Wildman–Crippen LogP) is 3.62. The summed E-state index contributed by atoms with van der Waals surface area (Å²) in [6.45, 7) is 4.76. The van der Waals surface area contributed by atoms with Gasteiger partial charge in [0.1, 0.15) is 0 Å². The molecule has 4 aliphatic carbocycles. The van der Waals surface area contributed by atoms with Crippen LogP contribution in [0.15, 0.2) is 23.9 Å². The highest BCUT2D eigenvalue weighted by molar-refractivity contribution is 5.24. The molecule has 0 saturated heterocycles. The first-order valence-electron chi connectivity index (χ1n) is 8.78. The van der Waals surface area contributed by atoms with E-state index >= 15 is 0 Å². The quantitative estimate of drug-likeness (QED) is 0.668. The highest BCUT2D eigenvalue weighted by Crippen LogP contribution is 2.64.